The molecule has 1 N–H and O–H groups in total. The third kappa shape index (κ3) is 3.51. The van der Waals surface area contributed by atoms with E-state index in [1.807, 2.05) is 0 Å². The first-order chi connectivity index (χ1) is 9.29. The minimum Gasteiger partial charge on any atom is -0.393 e. The maximum absolute atomic E-state index is 12.5. The topological polar surface area (TPSA) is 77.9 Å². The molecule has 0 bridgehead atoms. The lowest BCUT2D eigenvalue weighted by Crippen LogP contribution is -2.53. The summed E-state index contributed by atoms with van der Waals surface area (Å²) < 4.78 is 24.9. The van der Waals surface area contributed by atoms with E-state index in [0.29, 0.717) is 25.4 Å². The molecular weight excluding hydrogens is 280 g/mol. The number of rotatable bonds is 4. The number of hydrogen-bond donors (Lipinski definition) is 1. The Morgan fingerprint density at radius 3 is 2.55 bits per heavy atom. The van der Waals surface area contributed by atoms with Crippen molar-refractivity contribution < 1.29 is 18.3 Å². The van der Waals surface area contributed by atoms with Crippen molar-refractivity contribution in [1.29, 1.82) is 0 Å². The highest BCUT2D eigenvalue weighted by molar-refractivity contribution is 7.88. The van der Waals surface area contributed by atoms with Gasteiger partial charge in [-0.1, -0.05) is 6.42 Å². The summed E-state index contributed by atoms with van der Waals surface area (Å²) in [5.74, 6) is 0.228. The van der Waals surface area contributed by atoms with E-state index in [9.17, 15) is 18.3 Å². The van der Waals surface area contributed by atoms with Crippen molar-refractivity contribution in [2.24, 2.45) is 5.92 Å². The normalized spacial score (nSPS) is 31.6. The monoisotopic (exact) mass is 304 g/mol. The molecule has 20 heavy (non-hydrogen) atoms. The minimum absolute atomic E-state index is 0.114. The van der Waals surface area contributed by atoms with Crippen LogP contribution in [0.25, 0.3) is 0 Å². The average molecular weight is 304 g/mol. The Kier molecular flexibility index (Phi) is 4.71. The second-order valence-corrected chi connectivity index (χ2v) is 8.03. The van der Waals surface area contributed by atoms with Crippen LogP contribution in [0.1, 0.15) is 32.1 Å². The Morgan fingerprint density at radius 1 is 1.35 bits per heavy atom. The second-order valence-electron chi connectivity index (χ2n) is 6.10. The Hall–Kier alpha value is -0.660. The zero-order valence-corrected chi connectivity index (χ0v) is 13.0. The molecule has 1 saturated heterocycles. The van der Waals surface area contributed by atoms with E-state index in [2.05, 4.69) is 0 Å². The molecule has 1 atom stereocenters. The number of hydrogen-bond acceptors (Lipinski definition) is 4. The zero-order chi connectivity index (χ0) is 14.9. The van der Waals surface area contributed by atoms with Gasteiger partial charge in [0.1, 0.15) is 6.04 Å². The lowest BCUT2D eigenvalue weighted by molar-refractivity contribution is -0.136. The van der Waals surface area contributed by atoms with Crippen LogP contribution in [0.15, 0.2) is 0 Å². The van der Waals surface area contributed by atoms with Gasteiger partial charge in [0.25, 0.3) is 0 Å². The van der Waals surface area contributed by atoms with Gasteiger partial charge in [-0.2, -0.15) is 4.31 Å². The van der Waals surface area contributed by atoms with Crippen molar-refractivity contribution in [2.45, 2.75) is 44.2 Å². The number of likely N-dealkylation sites (N-methyl/N-ethyl adjacent to an activating group) is 1. The largest absolute Gasteiger partial charge is 0.393 e. The summed E-state index contributed by atoms with van der Waals surface area (Å²) in [5.41, 5.74) is 0. The summed E-state index contributed by atoms with van der Waals surface area (Å²) in [6, 6.07) is -0.547. The van der Waals surface area contributed by atoms with Crippen molar-refractivity contribution in [3.63, 3.8) is 0 Å². The van der Waals surface area contributed by atoms with Gasteiger partial charge in [-0.25, -0.2) is 8.42 Å². The first kappa shape index (κ1) is 15.7. The number of carbonyl (C=O) groups is 1. The molecule has 2 rings (SSSR count). The molecule has 2 fully saturated rings. The quantitative estimate of drug-likeness (QED) is 0.795. The number of sulfonamides is 1. The van der Waals surface area contributed by atoms with Gasteiger partial charge in [0, 0.05) is 20.1 Å². The molecule has 7 heteroatoms. The lowest BCUT2D eigenvalue weighted by atomic mass is 9.82. The van der Waals surface area contributed by atoms with E-state index in [-0.39, 0.29) is 12.0 Å². The SMILES string of the molecule is CN(CC1CC(O)C1)C(=O)C1CCCCN1S(C)(=O)=O. The van der Waals surface area contributed by atoms with Gasteiger partial charge in [0.2, 0.25) is 15.9 Å². The predicted molar refractivity (Wildman–Crippen MR) is 75.6 cm³/mol. The average Bonchev–Trinajstić information content (AvgIpc) is 2.35. The summed E-state index contributed by atoms with van der Waals surface area (Å²) in [4.78, 5) is 14.1. The fourth-order valence-corrected chi connectivity index (χ4v) is 4.25. The van der Waals surface area contributed by atoms with Gasteiger partial charge in [-0.05, 0) is 31.6 Å². The van der Waals surface area contributed by atoms with E-state index in [1.54, 1.807) is 11.9 Å². The first-order valence-corrected chi connectivity index (χ1v) is 9.03. The maximum Gasteiger partial charge on any atom is 0.240 e. The van der Waals surface area contributed by atoms with Crippen molar-refractivity contribution in [3.8, 4) is 0 Å². The van der Waals surface area contributed by atoms with Gasteiger partial charge in [0.05, 0.1) is 12.4 Å². The smallest absolute Gasteiger partial charge is 0.240 e. The number of piperidine rings is 1. The van der Waals surface area contributed by atoms with Gasteiger partial charge < -0.3 is 10.0 Å². The standard InChI is InChI=1S/C13H24N2O4S/c1-14(9-10-7-11(16)8-10)13(17)12-5-3-4-6-15(12)20(2,18)19/h10-12,16H,3-9H2,1-2H3. The van der Waals surface area contributed by atoms with E-state index < -0.39 is 16.1 Å². The van der Waals surface area contributed by atoms with Crippen LogP contribution < -0.4 is 0 Å². The predicted octanol–water partition coefficient (Wildman–Crippen LogP) is 0.0298. The summed E-state index contributed by atoms with van der Waals surface area (Å²) in [7, 11) is -1.61. The van der Waals surface area contributed by atoms with Crippen LogP contribution in [0.3, 0.4) is 0 Å². The molecule has 6 nitrogen and oxygen atoms in total. The number of aliphatic hydroxyl groups is 1. The molecule has 1 aliphatic heterocycles. The van der Waals surface area contributed by atoms with Crippen LogP contribution in [0.4, 0.5) is 0 Å². The van der Waals surface area contributed by atoms with Gasteiger partial charge in [-0.15, -0.1) is 0 Å². The first-order valence-electron chi connectivity index (χ1n) is 7.19. The van der Waals surface area contributed by atoms with Crippen molar-refractivity contribution in [1.82, 2.24) is 9.21 Å². The van der Waals surface area contributed by atoms with E-state index in [1.165, 1.54) is 10.6 Å². The summed E-state index contributed by atoms with van der Waals surface area (Å²) in [6.07, 6.45) is 4.71. The molecule has 0 spiro atoms. The molecule has 0 aromatic rings. The number of aliphatic hydroxyl groups excluding tert-OH is 1. The number of nitrogens with zero attached hydrogens (tertiary/aromatic N) is 2. The Morgan fingerprint density at radius 2 is 2.00 bits per heavy atom. The Labute approximate surface area is 120 Å². The van der Waals surface area contributed by atoms with Gasteiger partial charge in [-0.3, -0.25) is 4.79 Å². The van der Waals surface area contributed by atoms with E-state index in [4.69, 9.17) is 0 Å². The lowest BCUT2D eigenvalue weighted by Gasteiger charge is -2.38. The van der Waals surface area contributed by atoms with Crippen molar-refractivity contribution in [3.05, 3.63) is 0 Å². The minimum atomic E-state index is -3.34. The summed E-state index contributed by atoms with van der Waals surface area (Å²) in [6.45, 7) is 1.04. The third-order valence-electron chi connectivity index (χ3n) is 4.28. The molecule has 1 unspecified atom stereocenters. The van der Waals surface area contributed by atoms with Crippen LogP contribution in [-0.4, -0.2) is 67.2 Å². The summed E-state index contributed by atoms with van der Waals surface area (Å²) >= 11 is 0. The highest BCUT2D eigenvalue weighted by Gasteiger charge is 2.37. The van der Waals surface area contributed by atoms with Gasteiger partial charge >= 0.3 is 0 Å². The molecule has 0 radical (unpaired) electrons. The molecule has 0 aromatic heterocycles. The highest BCUT2D eigenvalue weighted by atomic mass is 32.2. The zero-order valence-electron chi connectivity index (χ0n) is 12.2. The molecule has 1 heterocycles. The molecule has 2 aliphatic rings. The second kappa shape index (κ2) is 5.99. The molecule has 1 amide bonds. The molecule has 1 saturated carbocycles. The van der Waals surface area contributed by atoms with E-state index >= 15 is 0 Å². The van der Waals surface area contributed by atoms with E-state index in [0.717, 1.165) is 25.7 Å². The fourth-order valence-electron chi connectivity index (χ4n) is 3.13. The number of carbonyl (C=O) groups excluding carboxylic acids is 1. The van der Waals surface area contributed by atoms with Crippen LogP contribution in [0.2, 0.25) is 0 Å². The van der Waals surface area contributed by atoms with Gasteiger partial charge in [0.15, 0.2) is 0 Å². The molecule has 0 aromatic carbocycles. The van der Waals surface area contributed by atoms with Crippen molar-refractivity contribution in [2.75, 3.05) is 26.4 Å². The molecule has 116 valence electrons. The Bertz CT molecular complexity index is 459. The van der Waals surface area contributed by atoms with Crippen LogP contribution in [-0.2, 0) is 14.8 Å². The molecular formula is C13H24N2O4S. The number of amides is 1. The van der Waals surface area contributed by atoms with Crippen LogP contribution in [0, 0.1) is 5.92 Å². The fraction of sp³-hybridized carbons (Fsp3) is 0.923. The highest BCUT2D eigenvalue weighted by Crippen LogP contribution is 2.28. The molecule has 1 aliphatic carbocycles. The summed E-state index contributed by atoms with van der Waals surface area (Å²) in [5, 5.41) is 9.28. The van der Waals surface area contributed by atoms with Crippen molar-refractivity contribution >= 4 is 15.9 Å². The van der Waals surface area contributed by atoms with Crippen LogP contribution >= 0.6 is 0 Å². The maximum atomic E-state index is 12.5. The third-order valence-corrected chi connectivity index (χ3v) is 5.57. The Balaban J connectivity index is 1.98. The van der Waals surface area contributed by atoms with Crippen LogP contribution in [0.5, 0.6) is 0 Å².